The molecule has 7 nitrogen and oxygen atoms in total. The number of nitrogens with one attached hydrogen (secondary N) is 2. The Morgan fingerprint density at radius 2 is 1.89 bits per heavy atom. The Hall–Kier alpha value is -2.41. The number of hydrogen-bond acceptors (Lipinski definition) is 4. The molecule has 0 aliphatic carbocycles. The van der Waals surface area contributed by atoms with Gasteiger partial charge in [-0.15, -0.1) is 0 Å². The fourth-order valence-electron chi connectivity index (χ4n) is 3.70. The number of carbonyl (C=O) groups is 1. The van der Waals surface area contributed by atoms with Gasteiger partial charge in [0.2, 0.25) is 5.91 Å². The standard InChI is InChI=1S/C21H30N4O3/c1-16-9-14-24(15-10-16)12-5-11-22-19(26)8-4-13-25-20(27)17-6-2-3-7-18(17)23-21(25)28/h2-3,6-7,16H,4-5,8-15H2,1H3,(H,22,26)(H,23,28). The number of H-pyrrole nitrogens is 1. The number of para-hydroxylation sites is 1. The molecule has 1 fully saturated rings. The summed E-state index contributed by atoms with van der Waals surface area (Å²) in [5.41, 5.74) is -0.203. The summed E-state index contributed by atoms with van der Waals surface area (Å²) in [6, 6.07) is 6.95. The van der Waals surface area contributed by atoms with Crippen molar-refractivity contribution in [3.8, 4) is 0 Å². The molecule has 0 spiro atoms. The number of hydrogen-bond donors (Lipinski definition) is 2. The van der Waals surface area contributed by atoms with Gasteiger partial charge in [0, 0.05) is 19.5 Å². The van der Waals surface area contributed by atoms with Crippen LogP contribution in [-0.4, -0.2) is 46.5 Å². The lowest BCUT2D eigenvalue weighted by molar-refractivity contribution is -0.121. The number of piperidine rings is 1. The number of carbonyl (C=O) groups excluding carboxylic acids is 1. The quantitative estimate of drug-likeness (QED) is 0.676. The second-order valence-corrected chi connectivity index (χ2v) is 7.76. The molecule has 2 aromatic rings. The molecule has 152 valence electrons. The predicted octanol–water partition coefficient (Wildman–Crippen LogP) is 1.71. The molecule has 1 aliphatic heterocycles. The van der Waals surface area contributed by atoms with Crippen molar-refractivity contribution in [2.45, 2.75) is 45.6 Å². The summed E-state index contributed by atoms with van der Waals surface area (Å²) in [6.45, 7) is 6.54. The Balaban J connectivity index is 1.39. The minimum Gasteiger partial charge on any atom is -0.356 e. The minimum absolute atomic E-state index is 0.0301. The predicted molar refractivity (Wildman–Crippen MR) is 111 cm³/mol. The van der Waals surface area contributed by atoms with Gasteiger partial charge in [-0.05, 0) is 63.4 Å². The molecule has 0 saturated carbocycles. The van der Waals surface area contributed by atoms with Crippen LogP contribution in [0.15, 0.2) is 33.9 Å². The zero-order valence-electron chi connectivity index (χ0n) is 16.6. The molecular weight excluding hydrogens is 356 g/mol. The van der Waals surface area contributed by atoms with E-state index in [0.717, 1.165) is 32.0 Å². The van der Waals surface area contributed by atoms with Crippen LogP contribution < -0.4 is 16.6 Å². The molecule has 3 rings (SSSR count). The highest BCUT2D eigenvalue weighted by molar-refractivity contribution is 5.77. The first-order valence-corrected chi connectivity index (χ1v) is 10.3. The average molecular weight is 386 g/mol. The van der Waals surface area contributed by atoms with E-state index >= 15 is 0 Å². The highest BCUT2D eigenvalue weighted by Crippen LogP contribution is 2.15. The third-order valence-corrected chi connectivity index (χ3v) is 5.52. The zero-order chi connectivity index (χ0) is 19.9. The van der Waals surface area contributed by atoms with E-state index in [2.05, 4.69) is 22.1 Å². The Bertz CT molecular complexity index is 910. The molecule has 1 amide bonds. The lowest BCUT2D eigenvalue weighted by Crippen LogP contribution is -2.36. The first-order chi connectivity index (χ1) is 13.5. The minimum atomic E-state index is -0.431. The van der Waals surface area contributed by atoms with Crippen LogP contribution in [0, 0.1) is 5.92 Å². The normalized spacial score (nSPS) is 15.8. The molecule has 0 atom stereocenters. The summed E-state index contributed by atoms with van der Waals surface area (Å²) in [5.74, 6) is 0.802. The van der Waals surface area contributed by atoms with Gasteiger partial charge in [0.05, 0.1) is 10.9 Å². The first kappa shape index (κ1) is 20.3. The molecule has 7 heteroatoms. The van der Waals surface area contributed by atoms with Gasteiger partial charge in [-0.25, -0.2) is 4.79 Å². The van der Waals surface area contributed by atoms with Crippen LogP contribution in [0.5, 0.6) is 0 Å². The van der Waals surface area contributed by atoms with Crippen LogP contribution in [0.2, 0.25) is 0 Å². The van der Waals surface area contributed by atoms with Gasteiger partial charge in [-0.1, -0.05) is 19.1 Å². The van der Waals surface area contributed by atoms with E-state index < -0.39 is 5.69 Å². The smallest absolute Gasteiger partial charge is 0.328 e. The number of aromatic amines is 1. The first-order valence-electron chi connectivity index (χ1n) is 10.3. The van der Waals surface area contributed by atoms with E-state index in [1.54, 1.807) is 24.3 Å². The Morgan fingerprint density at radius 3 is 2.68 bits per heavy atom. The lowest BCUT2D eigenvalue weighted by atomic mass is 9.99. The highest BCUT2D eigenvalue weighted by Gasteiger charge is 2.15. The molecule has 28 heavy (non-hydrogen) atoms. The van der Waals surface area contributed by atoms with Crippen molar-refractivity contribution in [2.75, 3.05) is 26.2 Å². The van der Waals surface area contributed by atoms with E-state index in [1.807, 2.05) is 0 Å². The maximum Gasteiger partial charge on any atom is 0.328 e. The summed E-state index contributed by atoms with van der Waals surface area (Å²) in [7, 11) is 0. The van der Waals surface area contributed by atoms with Crippen molar-refractivity contribution >= 4 is 16.8 Å². The molecule has 0 unspecified atom stereocenters. The number of aromatic nitrogens is 2. The summed E-state index contributed by atoms with van der Waals surface area (Å²) in [4.78, 5) is 41.7. The van der Waals surface area contributed by atoms with Crippen LogP contribution in [0.1, 0.15) is 39.0 Å². The van der Waals surface area contributed by atoms with Gasteiger partial charge < -0.3 is 15.2 Å². The maximum atomic E-state index is 12.4. The second-order valence-electron chi connectivity index (χ2n) is 7.76. The molecular formula is C21H30N4O3. The molecule has 0 radical (unpaired) electrons. The molecule has 1 saturated heterocycles. The van der Waals surface area contributed by atoms with Gasteiger partial charge in [-0.3, -0.25) is 14.2 Å². The third-order valence-electron chi connectivity index (χ3n) is 5.52. The molecule has 2 heterocycles. The summed E-state index contributed by atoms with van der Waals surface area (Å²) >= 11 is 0. The van der Waals surface area contributed by atoms with Crippen molar-refractivity contribution in [3.63, 3.8) is 0 Å². The molecule has 1 aliphatic rings. The lowest BCUT2D eigenvalue weighted by Gasteiger charge is -2.30. The van der Waals surface area contributed by atoms with E-state index in [4.69, 9.17) is 0 Å². The van der Waals surface area contributed by atoms with Gasteiger partial charge in [-0.2, -0.15) is 0 Å². The van der Waals surface area contributed by atoms with Crippen molar-refractivity contribution in [1.82, 2.24) is 19.8 Å². The topological polar surface area (TPSA) is 87.2 Å². The zero-order valence-corrected chi connectivity index (χ0v) is 16.6. The molecule has 0 bridgehead atoms. The number of likely N-dealkylation sites (tertiary alicyclic amines) is 1. The maximum absolute atomic E-state index is 12.4. The van der Waals surface area contributed by atoms with E-state index in [1.165, 1.54) is 17.4 Å². The average Bonchev–Trinajstić information content (AvgIpc) is 2.69. The van der Waals surface area contributed by atoms with E-state index in [0.29, 0.717) is 30.3 Å². The van der Waals surface area contributed by atoms with Crippen molar-refractivity contribution in [1.29, 1.82) is 0 Å². The number of benzene rings is 1. The number of amides is 1. The third kappa shape index (κ3) is 5.32. The van der Waals surface area contributed by atoms with Crippen molar-refractivity contribution in [3.05, 3.63) is 45.1 Å². The Kier molecular flexibility index (Phi) is 7.03. The SMILES string of the molecule is CC1CCN(CCCNC(=O)CCCn2c(=O)[nH]c3ccccc3c2=O)CC1. The van der Waals surface area contributed by atoms with Gasteiger partial charge in [0.1, 0.15) is 0 Å². The van der Waals surface area contributed by atoms with Gasteiger partial charge in [0.15, 0.2) is 0 Å². The van der Waals surface area contributed by atoms with Gasteiger partial charge >= 0.3 is 5.69 Å². The van der Waals surface area contributed by atoms with Crippen LogP contribution in [0.3, 0.4) is 0 Å². The summed E-state index contributed by atoms with van der Waals surface area (Å²) in [6.07, 6.45) is 4.24. The fraction of sp³-hybridized carbons (Fsp3) is 0.571. The Labute approximate surface area is 164 Å². The molecule has 1 aromatic heterocycles. The van der Waals surface area contributed by atoms with E-state index in [-0.39, 0.29) is 18.0 Å². The largest absolute Gasteiger partial charge is 0.356 e. The van der Waals surface area contributed by atoms with Crippen molar-refractivity contribution < 1.29 is 4.79 Å². The summed E-state index contributed by atoms with van der Waals surface area (Å²) < 4.78 is 1.17. The van der Waals surface area contributed by atoms with Gasteiger partial charge in [0.25, 0.3) is 5.56 Å². The molecule has 2 N–H and O–H groups in total. The molecule has 1 aromatic carbocycles. The fourth-order valence-corrected chi connectivity index (χ4v) is 3.70. The highest BCUT2D eigenvalue weighted by atomic mass is 16.2. The number of nitrogens with zero attached hydrogens (tertiary/aromatic N) is 2. The van der Waals surface area contributed by atoms with Crippen molar-refractivity contribution in [2.24, 2.45) is 5.92 Å². The number of fused-ring (bicyclic) bond motifs is 1. The second kappa shape index (κ2) is 9.68. The van der Waals surface area contributed by atoms with Crippen LogP contribution in [-0.2, 0) is 11.3 Å². The van der Waals surface area contributed by atoms with E-state index in [9.17, 15) is 14.4 Å². The Morgan fingerprint density at radius 1 is 1.14 bits per heavy atom. The van der Waals surface area contributed by atoms with Crippen LogP contribution in [0.25, 0.3) is 10.9 Å². The summed E-state index contributed by atoms with van der Waals surface area (Å²) in [5, 5.41) is 3.42. The monoisotopic (exact) mass is 386 g/mol. The number of rotatable bonds is 8. The van der Waals surface area contributed by atoms with Crippen LogP contribution >= 0.6 is 0 Å². The van der Waals surface area contributed by atoms with Crippen LogP contribution in [0.4, 0.5) is 0 Å².